The number of halogens is 4. The first kappa shape index (κ1) is 17.8. The second-order valence-electron chi connectivity index (χ2n) is 4.63. The van der Waals surface area contributed by atoms with Gasteiger partial charge in [0.25, 0.3) is 0 Å². The van der Waals surface area contributed by atoms with Crippen LogP contribution in [-0.4, -0.2) is 17.7 Å². The molecule has 110 valence electrons. The number of diazo groups is 1. The Labute approximate surface area is 113 Å². The molecule has 0 N–H and O–H groups in total. The van der Waals surface area contributed by atoms with Crippen LogP contribution >= 0.6 is 0 Å². The molecule has 0 radical (unpaired) electrons. The van der Waals surface area contributed by atoms with Crippen LogP contribution in [0.3, 0.4) is 0 Å². The van der Waals surface area contributed by atoms with Gasteiger partial charge in [-0.1, -0.05) is 12.1 Å². The van der Waals surface area contributed by atoms with E-state index in [2.05, 4.69) is 10.1 Å². The van der Waals surface area contributed by atoms with Crippen molar-refractivity contribution in [3.63, 3.8) is 0 Å². The van der Waals surface area contributed by atoms with Crippen molar-refractivity contribution in [2.24, 2.45) is 5.11 Å². The highest BCUT2D eigenvalue weighted by molar-refractivity contribution is 6.50. The minimum Gasteiger partial charge on any atom is -0.594 e. The van der Waals surface area contributed by atoms with Gasteiger partial charge in [-0.2, -0.15) is 0 Å². The number of rotatable bonds is 1. The molecular formula is C10H13BF4N4O. The van der Waals surface area contributed by atoms with Crippen LogP contribution in [0.4, 0.5) is 28.6 Å². The number of para-hydroxylation sites is 1. The molecule has 1 rings (SSSR count). The van der Waals surface area contributed by atoms with Crippen molar-refractivity contribution in [3.05, 3.63) is 34.4 Å². The lowest BCUT2D eigenvalue weighted by molar-refractivity contribution is -0.448. The third kappa shape index (κ3) is 8.85. The summed E-state index contributed by atoms with van der Waals surface area (Å²) in [6.07, 6.45) is 0. The first-order chi connectivity index (χ1) is 8.94. The van der Waals surface area contributed by atoms with Crippen LogP contribution in [0.2, 0.25) is 0 Å². The molecular weight excluding hydrogens is 279 g/mol. The van der Waals surface area contributed by atoms with Crippen LogP contribution in [0.1, 0.15) is 20.8 Å². The molecule has 0 amide bonds. The molecule has 0 saturated heterocycles. The molecule has 10 heteroatoms. The van der Waals surface area contributed by atoms with Gasteiger partial charge < -0.3 is 22.5 Å². The minimum atomic E-state index is -6.00. The Morgan fingerprint density at radius 1 is 1.20 bits per heavy atom. The Bertz CT molecular complexity index is 513. The fraction of sp³-hybridized carbons (Fsp3) is 0.400. The van der Waals surface area contributed by atoms with Crippen molar-refractivity contribution in [3.8, 4) is 0 Å². The fourth-order valence-corrected chi connectivity index (χ4v) is 1.04. The minimum absolute atomic E-state index is 0.209. The van der Waals surface area contributed by atoms with E-state index in [4.69, 9.17) is 5.39 Å². The summed E-state index contributed by atoms with van der Waals surface area (Å²) in [6, 6.07) is 6.46. The fourth-order valence-electron chi connectivity index (χ4n) is 1.04. The topological polar surface area (TPSA) is 66.6 Å². The normalized spacial score (nSPS) is 12.2. The molecule has 1 aromatic carbocycles. The van der Waals surface area contributed by atoms with Gasteiger partial charge in [-0.05, 0) is 30.7 Å². The molecule has 0 aliphatic rings. The lowest BCUT2D eigenvalue weighted by atomic mass is 10.1. The smallest absolute Gasteiger partial charge is 0.594 e. The van der Waals surface area contributed by atoms with E-state index in [1.54, 1.807) is 24.3 Å². The maximum absolute atomic E-state index is 11.6. The number of hydrogen-bond acceptors (Lipinski definition) is 3. The van der Waals surface area contributed by atoms with E-state index in [1.165, 1.54) is 0 Å². The van der Waals surface area contributed by atoms with Crippen LogP contribution in [0.5, 0.6) is 0 Å². The monoisotopic (exact) mass is 292 g/mol. The largest absolute Gasteiger partial charge is 0.673 e. The van der Waals surface area contributed by atoms with E-state index in [1.807, 2.05) is 20.8 Å². The maximum Gasteiger partial charge on any atom is 0.673 e. The Balaban J connectivity index is 0.000000621. The Morgan fingerprint density at radius 3 is 2.05 bits per heavy atom. The van der Waals surface area contributed by atoms with Gasteiger partial charge in [0.15, 0.2) is 4.98 Å². The quantitative estimate of drug-likeness (QED) is 0.185. The van der Waals surface area contributed by atoms with Gasteiger partial charge in [-0.3, -0.25) is 0 Å². The molecule has 0 aromatic heterocycles. The third-order valence-corrected chi connectivity index (χ3v) is 1.59. The number of azo groups is 1. The molecule has 5 nitrogen and oxygen atoms in total. The number of nitrogens with zero attached hydrogens (tertiary/aromatic N) is 4. The third-order valence-electron chi connectivity index (χ3n) is 1.59. The van der Waals surface area contributed by atoms with Crippen LogP contribution in [0, 0.1) is 10.6 Å². The predicted octanol–water partition coefficient (Wildman–Crippen LogP) is 4.86. The summed E-state index contributed by atoms with van der Waals surface area (Å²) in [7, 11) is -6.00. The molecule has 0 heterocycles. The summed E-state index contributed by atoms with van der Waals surface area (Å²) in [6.45, 7) is 5.45. The molecule has 0 aliphatic heterocycles. The summed E-state index contributed by atoms with van der Waals surface area (Å²) < 4.78 is 39.0. The molecule has 0 aliphatic carbocycles. The van der Waals surface area contributed by atoms with E-state index in [9.17, 15) is 22.5 Å². The van der Waals surface area contributed by atoms with Crippen LogP contribution in [-0.2, 0) is 0 Å². The average molecular weight is 292 g/mol. The van der Waals surface area contributed by atoms with Gasteiger partial charge in [0, 0.05) is 12.1 Å². The summed E-state index contributed by atoms with van der Waals surface area (Å²) in [5.41, 5.74) is -0.0277. The maximum atomic E-state index is 11.6. The van der Waals surface area contributed by atoms with Crippen molar-refractivity contribution < 1.29 is 22.1 Å². The first-order valence-electron chi connectivity index (χ1n) is 5.45. The number of hydrogen-bond donors (Lipinski definition) is 0. The second kappa shape index (κ2) is 6.84. The van der Waals surface area contributed by atoms with Crippen LogP contribution < -0.4 is 0 Å². The zero-order chi connectivity index (χ0) is 16.0. The van der Waals surface area contributed by atoms with E-state index in [0.29, 0.717) is 4.86 Å². The van der Waals surface area contributed by atoms with Crippen molar-refractivity contribution >= 4 is 18.6 Å². The van der Waals surface area contributed by atoms with E-state index < -0.39 is 12.8 Å². The van der Waals surface area contributed by atoms with Crippen LogP contribution in [0.25, 0.3) is 4.98 Å². The van der Waals surface area contributed by atoms with Gasteiger partial charge >= 0.3 is 18.6 Å². The SMILES string of the molecule is CC(C)(C)N=[N+]([O-])c1ccccc1[N+]#N.F[B-](F)(F)F. The molecule has 20 heavy (non-hydrogen) atoms. The van der Waals surface area contributed by atoms with Crippen molar-refractivity contribution in [1.29, 1.82) is 5.39 Å². The summed E-state index contributed by atoms with van der Waals surface area (Å²) >= 11 is 0. The molecule has 0 bridgehead atoms. The summed E-state index contributed by atoms with van der Waals surface area (Å²) in [5.74, 6) is 0. The lowest BCUT2D eigenvalue weighted by Crippen LogP contribution is -2.12. The standard InChI is InChI=1S/C10H13N4O.BF4/c1-10(2,3)13-14(15)9-7-5-4-6-8(9)12-11;2-1(3,4)5/h4-7H,1-3H3;/q+1;-1. The van der Waals surface area contributed by atoms with Gasteiger partial charge in [-0.25, -0.2) is 0 Å². The van der Waals surface area contributed by atoms with Crippen LogP contribution in [0.15, 0.2) is 29.4 Å². The zero-order valence-corrected chi connectivity index (χ0v) is 11.1. The first-order valence-corrected chi connectivity index (χ1v) is 5.45. The Morgan fingerprint density at radius 2 is 1.65 bits per heavy atom. The van der Waals surface area contributed by atoms with Gasteiger partial charge in [0.1, 0.15) is 5.54 Å². The summed E-state index contributed by atoms with van der Waals surface area (Å²) in [4.78, 5) is 3.50. The molecule has 0 fully saturated rings. The highest BCUT2D eigenvalue weighted by atomic mass is 19.5. The Kier molecular flexibility index (Phi) is 6.09. The zero-order valence-electron chi connectivity index (χ0n) is 11.1. The molecule has 0 unspecified atom stereocenters. The summed E-state index contributed by atoms with van der Waals surface area (Å²) in [5, 5.41) is 24.2. The van der Waals surface area contributed by atoms with E-state index in [-0.39, 0.29) is 11.4 Å². The van der Waals surface area contributed by atoms with Gasteiger partial charge in [-0.15, -0.1) is 0 Å². The molecule has 0 spiro atoms. The molecule has 0 saturated carbocycles. The van der Waals surface area contributed by atoms with Gasteiger partial charge in [0.05, 0.1) is 0 Å². The highest BCUT2D eigenvalue weighted by Gasteiger charge is 2.23. The average Bonchev–Trinajstić information content (AvgIpc) is 2.24. The Hall–Kier alpha value is -2.18. The predicted molar refractivity (Wildman–Crippen MR) is 66.8 cm³/mol. The molecule has 0 atom stereocenters. The molecule has 1 aromatic rings. The lowest BCUT2D eigenvalue weighted by Gasteiger charge is -2.08. The van der Waals surface area contributed by atoms with Gasteiger partial charge in [0.2, 0.25) is 5.39 Å². The second-order valence-corrected chi connectivity index (χ2v) is 4.63. The van der Waals surface area contributed by atoms with E-state index in [0.717, 1.165) is 0 Å². The van der Waals surface area contributed by atoms with Crippen molar-refractivity contribution in [2.75, 3.05) is 0 Å². The number of benzene rings is 1. The van der Waals surface area contributed by atoms with Crippen molar-refractivity contribution in [2.45, 2.75) is 26.3 Å². The highest BCUT2D eigenvalue weighted by Crippen LogP contribution is 2.27. The van der Waals surface area contributed by atoms with Crippen molar-refractivity contribution in [1.82, 2.24) is 0 Å². The van der Waals surface area contributed by atoms with E-state index >= 15 is 0 Å².